The molecule has 1 atom stereocenters. The average molecular weight is 438 g/mol. The first kappa shape index (κ1) is 22.4. The SMILES string of the molecule is COc1ccc([N+](=O)[O-])cc1NC(=O)[C@H](C)Oc1ccc(C(=O)c2ccc(F)cc2)cc1. The first-order valence-corrected chi connectivity index (χ1v) is 9.48. The molecule has 0 aromatic heterocycles. The monoisotopic (exact) mass is 438 g/mol. The van der Waals surface area contributed by atoms with Crippen molar-refractivity contribution in [3.63, 3.8) is 0 Å². The number of methoxy groups -OCH3 is 1. The molecule has 32 heavy (non-hydrogen) atoms. The van der Waals surface area contributed by atoms with Gasteiger partial charge in [-0.25, -0.2) is 4.39 Å². The molecule has 1 amide bonds. The van der Waals surface area contributed by atoms with Gasteiger partial charge in [-0.05, 0) is 61.5 Å². The Hall–Kier alpha value is -4.27. The Bertz CT molecular complexity index is 1150. The van der Waals surface area contributed by atoms with Gasteiger partial charge in [-0.2, -0.15) is 0 Å². The number of nitrogens with one attached hydrogen (secondary N) is 1. The van der Waals surface area contributed by atoms with Crippen LogP contribution in [0.5, 0.6) is 11.5 Å². The van der Waals surface area contributed by atoms with Crippen LogP contribution in [0.25, 0.3) is 0 Å². The lowest BCUT2D eigenvalue weighted by Crippen LogP contribution is -2.30. The van der Waals surface area contributed by atoms with Crippen LogP contribution < -0.4 is 14.8 Å². The molecule has 0 aliphatic rings. The molecule has 8 nitrogen and oxygen atoms in total. The van der Waals surface area contributed by atoms with Gasteiger partial charge in [0.1, 0.15) is 17.3 Å². The number of nitrogens with zero attached hydrogens (tertiary/aromatic N) is 1. The van der Waals surface area contributed by atoms with Crippen molar-refractivity contribution in [1.82, 2.24) is 0 Å². The second kappa shape index (κ2) is 9.69. The Kier molecular flexibility index (Phi) is 6.79. The first-order valence-electron chi connectivity index (χ1n) is 9.48. The highest BCUT2D eigenvalue weighted by molar-refractivity contribution is 6.09. The van der Waals surface area contributed by atoms with Gasteiger partial charge in [0.15, 0.2) is 11.9 Å². The summed E-state index contributed by atoms with van der Waals surface area (Å²) in [6.45, 7) is 1.51. The van der Waals surface area contributed by atoms with E-state index in [0.717, 1.165) is 0 Å². The van der Waals surface area contributed by atoms with Crippen molar-refractivity contribution < 1.29 is 28.4 Å². The van der Waals surface area contributed by atoms with Crippen molar-refractivity contribution >= 4 is 23.1 Å². The van der Waals surface area contributed by atoms with Gasteiger partial charge in [0.05, 0.1) is 17.7 Å². The lowest BCUT2D eigenvalue weighted by atomic mass is 10.0. The Balaban J connectivity index is 1.67. The molecule has 0 fully saturated rings. The van der Waals surface area contributed by atoms with Gasteiger partial charge < -0.3 is 14.8 Å². The van der Waals surface area contributed by atoms with Crippen LogP contribution in [0.2, 0.25) is 0 Å². The zero-order valence-corrected chi connectivity index (χ0v) is 17.2. The summed E-state index contributed by atoms with van der Waals surface area (Å²) in [5.74, 6) is -0.648. The van der Waals surface area contributed by atoms with Crippen LogP contribution in [0, 0.1) is 15.9 Å². The molecule has 3 rings (SSSR count). The third-order valence-corrected chi connectivity index (χ3v) is 4.56. The lowest BCUT2D eigenvalue weighted by molar-refractivity contribution is -0.384. The molecular formula is C23H19FN2O6. The quantitative estimate of drug-likeness (QED) is 0.318. The number of carbonyl (C=O) groups excluding carboxylic acids is 2. The summed E-state index contributed by atoms with van der Waals surface area (Å²) >= 11 is 0. The van der Waals surface area contributed by atoms with Gasteiger partial charge in [0, 0.05) is 23.3 Å². The van der Waals surface area contributed by atoms with Crippen LogP contribution in [0.4, 0.5) is 15.8 Å². The van der Waals surface area contributed by atoms with E-state index in [1.807, 2.05) is 0 Å². The number of carbonyl (C=O) groups is 2. The van der Waals surface area contributed by atoms with Crippen molar-refractivity contribution in [1.29, 1.82) is 0 Å². The summed E-state index contributed by atoms with van der Waals surface area (Å²) < 4.78 is 23.8. The fourth-order valence-corrected chi connectivity index (χ4v) is 2.85. The maximum Gasteiger partial charge on any atom is 0.271 e. The van der Waals surface area contributed by atoms with Crippen molar-refractivity contribution in [2.45, 2.75) is 13.0 Å². The second-order valence-corrected chi connectivity index (χ2v) is 6.75. The molecule has 3 aromatic carbocycles. The molecule has 9 heteroatoms. The first-order chi connectivity index (χ1) is 15.3. The molecule has 0 spiro atoms. The minimum atomic E-state index is -0.947. The average Bonchev–Trinajstić information content (AvgIpc) is 2.79. The molecule has 1 N–H and O–H groups in total. The zero-order chi connectivity index (χ0) is 23.3. The van der Waals surface area contributed by atoms with Crippen LogP contribution in [0.15, 0.2) is 66.7 Å². The molecule has 0 unspecified atom stereocenters. The minimum absolute atomic E-state index is 0.141. The number of non-ortho nitro benzene ring substituents is 1. The zero-order valence-electron chi connectivity index (χ0n) is 17.2. The molecule has 0 bridgehead atoms. The fourth-order valence-electron chi connectivity index (χ4n) is 2.85. The molecule has 0 radical (unpaired) electrons. The summed E-state index contributed by atoms with van der Waals surface area (Å²) in [4.78, 5) is 35.4. The number of amides is 1. The van der Waals surface area contributed by atoms with Crippen LogP contribution in [-0.4, -0.2) is 29.8 Å². The molecule has 0 aliphatic carbocycles. The fraction of sp³-hybridized carbons (Fsp3) is 0.130. The summed E-state index contributed by atoms with van der Waals surface area (Å²) in [7, 11) is 1.38. The number of anilines is 1. The van der Waals surface area contributed by atoms with Crippen LogP contribution in [0.1, 0.15) is 22.8 Å². The van der Waals surface area contributed by atoms with Crippen molar-refractivity contribution in [2.75, 3.05) is 12.4 Å². The summed E-state index contributed by atoms with van der Waals surface area (Å²) in [5, 5.41) is 13.5. The van der Waals surface area contributed by atoms with E-state index in [0.29, 0.717) is 16.9 Å². The largest absolute Gasteiger partial charge is 0.495 e. The summed E-state index contributed by atoms with van der Waals surface area (Å²) in [6.07, 6.45) is -0.947. The summed E-state index contributed by atoms with van der Waals surface area (Å²) in [5.41, 5.74) is 0.666. The van der Waals surface area contributed by atoms with E-state index in [-0.39, 0.29) is 22.9 Å². The highest BCUT2D eigenvalue weighted by atomic mass is 19.1. The van der Waals surface area contributed by atoms with Gasteiger partial charge in [-0.1, -0.05) is 0 Å². The van der Waals surface area contributed by atoms with Crippen molar-refractivity contribution in [3.05, 3.63) is 93.8 Å². The maximum absolute atomic E-state index is 13.0. The molecule has 0 aliphatic heterocycles. The van der Waals surface area contributed by atoms with Crippen LogP contribution in [0.3, 0.4) is 0 Å². The van der Waals surface area contributed by atoms with Crippen molar-refractivity contribution in [2.24, 2.45) is 0 Å². The van der Waals surface area contributed by atoms with E-state index in [9.17, 15) is 24.1 Å². The maximum atomic E-state index is 13.0. The van der Waals surface area contributed by atoms with E-state index in [2.05, 4.69) is 5.32 Å². The normalized spacial score (nSPS) is 11.3. The van der Waals surface area contributed by atoms with E-state index in [4.69, 9.17) is 9.47 Å². The highest BCUT2D eigenvalue weighted by Crippen LogP contribution is 2.29. The van der Waals surface area contributed by atoms with Gasteiger partial charge in [0.2, 0.25) is 0 Å². The number of rotatable bonds is 8. The predicted molar refractivity (Wildman–Crippen MR) is 115 cm³/mol. The number of hydrogen-bond donors (Lipinski definition) is 1. The van der Waals surface area contributed by atoms with Gasteiger partial charge in [-0.15, -0.1) is 0 Å². The van der Waals surface area contributed by atoms with E-state index >= 15 is 0 Å². The smallest absolute Gasteiger partial charge is 0.271 e. The summed E-state index contributed by atoms with van der Waals surface area (Å²) in [6, 6.07) is 15.2. The van der Waals surface area contributed by atoms with Crippen molar-refractivity contribution in [3.8, 4) is 11.5 Å². The topological polar surface area (TPSA) is 108 Å². The number of ketones is 1. The molecule has 164 valence electrons. The number of ether oxygens (including phenoxy) is 2. The van der Waals surface area contributed by atoms with Gasteiger partial charge in [0.25, 0.3) is 11.6 Å². The minimum Gasteiger partial charge on any atom is -0.495 e. The Morgan fingerprint density at radius 2 is 1.59 bits per heavy atom. The molecular weight excluding hydrogens is 419 g/mol. The van der Waals surface area contributed by atoms with E-state index in [1.165, 1.54) is 80.8 Å². The number of halogens is 1. The number of nitro benzene ring substituents is 1. The second-order valence-electron chi connectivity index (χ2n) is 6.75. The third-order valence-electron chi connectivity index (χ3n) is 4.56. The van der Waals surface area contributed by atoms with E-state index in [1.54, 1.807) is 0 Å². The Labute approximate surface area is 182 Å². The highest BCUT2D eigenvalue weighted by Gasteiger charge is 2.19. The number of nitro groups is 1. The Morgan fingerprint density at radius 1 is 1.00 bits per heavy atom. The van der Waals surface area contributed by atoms with Crippen LogP contribution >= 0.6 is 0 Å². The van der Waals surface area contributed by atoms with Gasteiger partial charge >= 0.3 is 0 Å². The molecule has 0 saturated heterocycles. The van der Waals surface area contributed by atoms with Crippen LogP contribution in [-0.2, 0) is 4.79 Å². The molecule has 3 aromatic rings. The van der Waals surface area contributed by atoms with E-state index < -0.39 is 22.8 Å². The lowest BCUT2D eigenvalue weighted by Gasteiger charge is -2.16. The number of hydrogen-bond acceptors (Lipinski definition) is 6. The standard InChI is InChI=1S/C23H19FN2O6/c1-14(23(28)25-20-13-18(26(29)30)9-12-21(20)31-2)32-19-10-5-16(6-11-19)22(27)15-3-7-17(24)8-4-15/h3-14H,1-2H3,(H,25,28)/t14-/m0/s1. The predicted octanol–water partition coefficient (Wildman–Crippen LogP) is 4.38. The Morgan fingerprint density at radius 3 is 2.16 bits per heavy atom. The molecule has 0 heterocycles. The molecule has 0 saturated carbocycles. The number of benzene rings is 3. The third kappa shape index (κ3) is 5.25. The van der Waals surface area contributed by atoms with Gasteiger partial charge in [-0.3, -0.25) is 19.7 Å².